The lowest BCUT2D eigenvalue weighted by molar-refractivity contribution is -0.140. The van der Waals surface area contributed by atoms with Crippen molar-refractivity contribution in [3.05, 3.63) is 36.1 Å². The fourth-order valence-electron chi connectivity index (χ4n) is 2.53. The summed E-state index contributed by atoms with van der Waals surface area (Å²) in [6.45, 7) is 3.15. The molecule has 0 spiro atoms. The molecule has 0 atom stereocenters. The van der Waals surface area contributed by atoms with Crippen LogP contribution in [0.4, 0.5) is 0 Å². The number of rotatable bonds is 3. The Bertz CT molecular complexity index is 723. The van der Waals surface area contributed by atoms with Crippen molar-refractivity contribution in [2.45, 2.75) is 20.3 Å². The molecule has 108 valence electrons. The third-order valence-electron chi connectivity index (χ3n) is 3.72. The van der Waals surface area contributed by atoms with Gasteiger partial charge in [-0.15, -0.1) is 0 Å². The molecule has 0 aliphatic carbocycles. The summed E-state index contributed by atoms with van der Waals surface area (Å²) in [5, 5.41) is 0.820. The molecule has 0 unspecified atom stereocenters. The molecule has 1 fully saturated rings. The van der Waals surface area contributed by atoms with Crippen LogP contribution in [0.5, 0.6) is 0 Å². The van der Waals surface area contributed by atoms with Crippen molar-refractivity contribution in [3.63, 3.8) is 0 Å². The van der Waals surface area contributed by atoms with Gasteiger partial charge >= 0.3 is 0 Å². The molecule has 1 aromatic heterocycles. The van der Waals surface area contributed by atoms with Crippen molar-refractivity contribution in [2.24, 2.45) is 5.41 Å². The van der Waals surface area contributed by atoms with Gasteiger partial charge in [0.05, 0.1) is 12.0 Å². The van der Waals surface area contributed by atoms with Gasteiger partial charge in [0.2, 0.25) is 17.6 Å². The maximum absolute atomic E-state index is 12.2. The third kappa shape index (κ3) is 2.24. The van der Waals surface area contributed by atoms with Gasteiger partial charge in [-0.05, 0) is 12.1 Å². The van der Waals surface area contributed by atoms with Gasteiger partial charge in [-0.25, -0.2) is 0 Å². The number of ketones is 1. The first-order valence-corrected chi connectivity index (χ1v) is 6.75. The van der Waals surface area contributed by atoms with Gasteiger partial charge in [-0.1, -0.05) is 32.0 Å². The van der Waals surface area contributed by atoms with E-state index < -0.39 is 5.41 Å². The second-order valence-electron chi connectivity index (χ2n) is 5.92. The van der Waals surface area contributed by atoms with E-state index in [2.05, 4.69) is 0 Å². The molecule has 1 aliphatic heterocycles. The van der Waals surface area contributed by atoms with Gasteiger partial charge in [-0.2, -0.15) is 0 Å². The SMILES string of the molecule is CC1(C)CC(=O)N(CC(=O)c2cc3ccccc3o2)C1=O. The van der Waals surface area contributed by atoms with Gasteiger partial charge in [0.15, 0.2) is 5.76 Å². The average molecular weight is 285 g/mol. The average Bonchev–Trinajstić information content (AvgIpc) is 2.93. The Morgan fingerprint density at radius 3 is 2.62 bits per heavy atom. The number of Topliss-reactive ketones (excluding diaryl/α,β-unsaturated/α-hetero) is 1. The predicted molar refractivity (Wildman–Crippen MR) is 75.7 cm³/mol. The maximum Gasteiger partial charge on any atom is 0.235 e. The minimum absolute atomic E-state index is 0.138. The van der Waals surface area contributed by atoms with E-state index in [0.717, 1.165) is 10.3 Å². The summed E-state index contributed by atoms with van der Waals surface area (Å²) < 4.78 is 5.46. The molecule has 1 saturated heterocycles. The van der Waals surface area contributed by atoms with Crippen molar-refractivity contribution >= 4 is 28.6 Å². The zero-order chi connectivity index (χ0) is 15.2. The largest absolute Gasteiger partial charge is 0.453 e. The summed E-state index contributed by atoms with van der Waals surface area (Å²) in [6, 6.07) is 8.90. The molecule has 0 saturated carbocycles. The van der Waals surface area contributed by atoms with Crippen molar-refractivity contribution in [2.75, 3.05) is 6.54 Å². The van der Waals surface area contributed by atoms with E-state index in [4.69, 9.17) is 4.42 Å². The number of amides is 2. The van der Waals surface area contributed by atoms with Gasteiger partial charge in [0, 0.05) is 11.8 Å². The predicted octanol–water partition coefficient (Wildman–Crippen LogP) is 2.40. The van der Waals surface area contributed by atoms with Crippen molar-refractivity contribution in [1.29, 1.82) is 0 Å². The molecule has 2 heterocycles. The Balaban J connectivity index is 1.83. The highest BCUT2D eigenvalue weighted by Crippen LogP contribution is 2.31. The maximum atomic E-state index is 12.2. The lowest BCUT2D eigenvalue weighted by Gasteiger charge is -2.16. The molecule has 3 rings (SSSR count). The topological polar surface area (TPSA) is 67.6 Å². The van der Waals surface area contributed by atoms with E-state index >= 15 is 0 Å². The molecule has 1 aliphatic rings. The Morgan fingerprint density at radius 1 is 1.29 bits per heavy atom. The number of imide groups is 1. The van der Waals surface area contributed by atoms with Crippen LogP contribution in [0.25, 0.3) is 11.0 Å². The molecule has 1 aromatic carbocycles. The number of furan rings is 1. The number of hydrogen-bond donors (Lipinski definition) is 0. The quantitative estimate of drug-likeness (QED) is 0.641. The Labute approximate surface area is 121 Å². The van der Waals surface area contributed by atoms with Crippen LogP contribution >= 0.6 is 0 Å². The molecular formula is C16H15NO4. The number of likely N-dealkylation sites (tertiary alicyclic amines) is 1. The number of nitrogens with zero attached hydrogens (tertiary/aromatic N) is 1. The van der Waals surface area contributed by atoms with Crippen LogP contribution in [0.2, 0.25) is 0 Å². The summed E-state index contributed by atoms with van der Waals surface area (Å²) in [5.74, 6) is -0.821. The lowest BCUT2D eigenvalue weighted by Crippen LogP contribution is -2.37. The standard InChI is InChI=1S/C16H15NO4/c1-16(2)8-14(19)17(15(16)20)9-11(18)13-7-10-5-3-4-6-12(10)21-13/h3-7H,8-9H2,1-2H3. The van der Waals surface area contributed by atoms with Crippen LogP contribution in [0.15, 0.2) is 34.7 Å². The molecule has 5 nitrogen and oxygen atoms in total. The minimum Gasteiger partial charge on any atom is -0.453 e. The zero-order valence-corrected chi connectivity index (χ0v) is 11.9. The monoisotopic (exact) mass is 285 g/mol. The highest BCUT2D eigenvalue weighted by atomic mass is 16.3. The first kappa shape index (κ1) is 13.5. The van der Waals surface area contributed by atoms with E-state index in [1.807, 2.05) is 18.2 Å². The van der Waals surface area contributed by atoms with Crippen LogP contribution in [0.1, 0.15) is 30.8 Å². The lowest BCUT2D eigenvalue weighted by atomic mass is 9.92. The van der Waals surface area contributed by atoms with Crippen LogP contribution in [-0.2, 0) is 9.59 Å². The summed E-state index contributed by atoms with van der Waals surface area (Å²) in [5.41, 5.74) is -0.120. The number of benzene rings is 1. The van der Waals surface area contributed by atoms with Crippen LogP contribution in [0.3, 0.4) is 0 Å². The molecule has 0 N–H and O–H groups in total. The molecule has 2 amide bonds. The number of para-hydroxylation sites is 1. The number of carbonyl (C=O) groups is 3. The first-order valence-electron chi connectivity index (χ1n) is 6.75. The van der Waals surface area contributed by atoms with Crippen molar-refractivity contribution in [1.82, 2.24) is 4.90 Å². The third-order valence-corrected chi connectivity index (χ3v) is 3.72. The van der Waals surface area contributed by atoms with Crippen molar-refractivity contribution in [3.8, 4) is 0 Å². The van der Waals surface area contributed by atoms with E-state index in [1.165, 1.54) is 0 Å². The number of carbonyl (C=O) groups excluding carboxylic acids is 3. The molecule has 0 bridgehead atoms. The smallest absolute Gasteiger partial charge is 0.235 e. The molecule has 2 aromatic rings. The fourth-order valence-corrected chi connectivity index (χ4v) is 2.53. The second-order valence-corrected chi connectivity index (χ2v) is 5.92. The summed E-state index contributed by atoms with van der Waals surface area (Å²) in [7, 11) is 0. The van der Waals surface area contributed by atoms with Gasteiger partial charge in [-0.3, -0.25) is 19.3 Å². The van der Waals surface area contributed by atoms with Crippen LogP contribution in [0, 0.1) is 5.41 Å². The Morgan fingerprint density at radius 2 is 2.00 bits per heavy atom. The fraction of sp³-hybridized carbons (Fsp3) is 0.312. The van der Waals surface area contributed by atoms with Gasteiger partial charge < -0.3 is 4.42 Å². The first-order chi connectivity index (χ1) is 9.88. The van der Waals surface area contributed by atoms with Crippen LogP contribution < -0.4 is 0 Å². The molecule has 0 radical (unpaired) electrons. The Hall–Kier alpha value is -2.43. The van der Waals surface area contributed by atoms with Crippen molar-refractivity contribution < 1.29 is 18.8 Å². The van der Waals surface area contributed by atoms with Gasteiger partial charge in [0.25, 0.3) is 0 Å². The van der Waals surface area contributed by atoms with E-state index in [9.17, 15) is 14.4 Å². The summed E-state index contributed by atoms with van der Waals surface area (Å²) in [4.78, 5) is 37.2. The van der Waals surface area contributed by atoms with E-state index in [1.54, 1.807) is 26.0 Å². The molecule has 21 heavy (non-hydrogen) atoms. The second kappa shape index (κ2) is 4.55. The molecular weight excluding hydrogens is 270 g/mol. The summed E-state index contributed by atoms with van der Waals surface area (Å²) in [6.07, 6.45) is 0.138. The Kier molecular flexibility index (Phi) is 2.93. The van der Waals surface area contributed by atoms with E-state index in [0.29, 0.717) is 5.58 Å². The molecule has 5 heteroatoms. The normalized spacial score (nSPS) is 17.7. The minimum atomic E-state index is -0.731. The van der Waals surface area contributed by atoms with Gasteiger partial charge in [0.1, 0.15) is 5.58 Å². The van der Waals surface area contributed by atoms with Crippen LogP contribution in [-0.4, -0.2) is 29.0 Å². The highest BCUT2D eigenvalue weighted by molar-refractivity contribution is 6.10. The zero-order valence-electron chi connectivity index (χ0n) is 11.9. The number of fused-ring (bicyclic) bond motifs is 1. The van der Waals surface area contributed by atoms with E-state index in [-0.39, 0.29) is 36.3 Å². The number of hydrogen-bond acceptors (Lipinski definition) is 4. The summed E-state index contributed by atoms with van der Waals surface area (Å²) >= 11 is 0. The highest BCUT2D eigenvalue weighted by Gasteiger charge is 2.45.